The third-order valence-corrected chi connectivity index (χ3v) is 7.49. The van der Waals surface area contributed by atoms with Crippen LogP contribution >= 0.6 is 0 Å². The fraction of sp³-hybridized carbons (Fsp3) is 0.263. The Hall–Kier alpha value is -1.89. The molecular weight excluding hydrogens is 350 g/mol. The van der Waals surface area contributed by atoms with Crippen LogP contribution < -0.4 is 0 Å². The average Bonchev–Trinajstić information content (AvgIpc) is 2.94. The Bertz CT molecular complexity index is 988. The number of benzene rings is 2. The lowest BCUT2D eigenvalue weighted by Gasteiger charge is -2.22. The van der Waals surface area contributed by atoms with Gasteiger partial charge < -0.3 is 5.11 Å². The predicted molar refractivity (Wildman–Crippen MR) is 104 cm³/mol. The van der Waals surface area contributed by atoms with Crippen LogP contribution in [0.5, 0.6) is 0 Å². The maximum absolute atomic E-state index is 13.3. The van der Waals surface area contributed by atoms with E-state index in [2.05, 4.69) is 19.6 Å². The van der Waals surface area contributed by atoms with Crippen molar-refractivity contribution in [2.75, 3.05) is 0 Å². The molecule has 0 bridgehead atoms. The molecule has 25 heavy (non-hydrogen) atoms. The average molecular weight is 374 g/mol. The van der Waals surface area contributed by atoms with Crippen LogP contribution in [0, 0.1) is 0 Å². The van der Waals surface area contributed by atoms with Gasteiger partial charge in [-0.3, -0.25) is 0 Å². The monoisotopic (exact) mass is 373 g/mol. The topological polar surface area (TPSA) is 59.3 Å². The predicted octanol–water partition coefficient (Wildman–Crippen LogP) is 4.25. The molecule has 0 fully saturated rings. The molecule has 0 saturated heterocycles. The molecule has 0 aliphatic rings. The third kappa shape index (κ3) is 3.56. The van der Waals surface area contributed by atoms with Crippen molar-refractivity contribution >= 4 is 29.0 Å². The Kier molecular flexibility index (Phi) is 4.61. The van der Waals surface area contributed by atoms with Crippen molar-refractivity contribution in [1.82, 2.24) is 3.97 Å². The molecular formula is C19H23NO3SSi. The van der Waals surface area contributed by atoms with Crippen molar-refractivity contribution in [3.63, 3.8) is 0 Å². The maximum atomic E-state index is 13.3. The summed E-state index contributed by atoms with van der Waals surface area (Å²) < 4.78 is 27.8. The Labute approximate surface area is 149 Å². The number of aliphatic hydroxyl groups is 1. The fourth-order valence-electron chi connectivity index (χ4n) is 3.03. The Morgan fingerprint density at radius 3 is 2.24 bits per heavy atom. The smallest absolute Gasteiger partial charge is 0.268 e. The summed E-state index contributed by atoms with van der Waals surface area (Å²) in [6.45, 7) is 6.48. The van der Waals surface area contributed by atoms with E-state index in [1.165, 1.54) is 3.97 Å². The Morgan fingerprint density at radius 2 is 1.60 bits per heavy atom. The first-order chi connectivity index (χ1) is 11.7. The Balaban J connectivity index is 2.24. The number of fused-ring (bicyclic) bond motifs is 1. The van der Waals surface area contributed by atoms with Gasteiger partial charge in [-0.1, -0.05) is 56.0 Å². The van der Waals surface area contributed by atoms with E-state index in [1.807, 2.05) is 18.2 Å². The molecule has 132 valence electrons. The van der Waals surface area contributed by atoms with E-state index in [0.29, 0.717) is 17.3 Å². The quantitative estimate of drug-likeness (QED) is 0.680. The van der Waals surface area contributed by atoms with Crippen LogP contribution in [0.2, 0.25) is 25.7 Å². The van der Waals surface area contributed by atoms with Gasteiger partial charge in [0.2, 0.25) is 0 Å². The van der Waals surface area contributed by atoms with Crippen LogP contribution in [-0.2, 0) is 10.0 Å². The second-order valence-corrected chi connectivity index (χ2v) is 14.8. The summed E-state index contributed by atoms with van der Waals surface area (Å²) >= 11 is 0. The first-order valence-electron chi connectivity index (χ1n) is 8.29. The molecule has 0 saturated carbocycles. The lowest BCUT2D eigenvalue weighted by Crippen LogP contribution is -2.25. The zero-order chi connectivity index (χ0) is 18.2. The van der Waals surface area contributed by atoms with Crippen LogP contribution in [0.15, 0.2) is 65.6 Å². The number of nitrogens with zero attached hydrogens (tertiary/aromatic N) is 1. The van der Waals surface area contributed by atoms with Crippen molar-refractivity contribution < 1.29 is 13.5 Å². The standard InChI is InChI=1S/C19H23NO3SSi/c1-25(2,3)14-19(21)18-13-15-9-7-8-12-17(15)20(18)24(22,23)16-10-5-4-6-11-16/h4-13,19,21H,14H2,1-3H3. The van der Waals surface area contributed by atoms with Gasteiger partial charge in [0.05, 0.1) is 22.2 Å². The van der Waals surface area contributed by atoms with Crippen molar-refractivity contribution in [3.05, 3.63) is 66.4 Å². The van der Waals surface area contributed by atoms with E-state index in [-0.39, 0.29) is 4.90 Å². The molecule has 1 N–H and O–H groups in total. The molecule has 0 aliphatic carbocycles. The van der Waals surface area contributed by atoms with Crippen LogP contribution in [0.4, 0.5) is 0 Å². The van der Waals surface area contributed by atoms with Gasteiger partial charge in [-0.15, -0.1) is 0 Å². The van der Waals surface area contributed by atoms with Gasteiger partial charge in [0, 0.05) is 13.5 Å². The van der Waals surface area contributed by atoms with E-state index < -0.39 is 24.2 Å². The molecule has 3 rings (SSSR count). The second kappa shape index (κ2) is 6.44. The molecule has 0 radical (unpaired) electrons. The molecule has 1 atom stereocenters. The molecule has 1 unspecified atom stereocenters. The van der Waals surface area contributed by atoms with Gasteiger partial charge in [-0.05, 0) is 30.3 Å². The summed E-state index contributed by atoms with van der Waals surface area (Å²) in [6.07, 6.45) is -0.808. The minimum Gasteiger partial charge on any atom is -0.387 e. The lowest BCUT2D eigenvalue weighted by atomic mass is 10.2. The van der Waals surface area contributed by atoms with E-state index in [0.717, 1.165) is 5.39 Å². The summed E-state index contributed by atoms with van der Waals surface area (Å²) in [6, 6.07) is 18.1. The molecule has 1 aromatic heterocycles. The first-order valence-corrected chi connectivity index (χ1v) is 13.4. The van der Waals surface area contributed by atoms with Crippen LogP contribution in [0.3, 0.4) is 0 Å². The van der Waals surface area contributed by atoms with Gasteiger partial charge in [0.1, 0.15) is 0 Å². The lowest BCUT2D eigenvalue weighted by molar-refractivity contribution is 0.192. The summed E-state index contributed by atoms with van der Waals surface area (Å²) in [5, 5.41) is 11.6. The number of para-hydroxylation sites is 1. The number of hydrogen-bond donors (Lipinski definition) is 1. The zero-order valence-electron chi connectivity index (χ0n) is 14.7. The van der Waals surface area contributed by atoms with Gasteiger partial charge >= 0.3 is 0 Å². The normalized spacial score (nSPS) is 13.9. The molecule has 0 amide bonds. The van der Waals surface area contributed by atoms with Gasteiger partial charge in [-0.2, -0.15) is 0 Å². The van der Waals surface area contributed by atoms with Gasteiger partial charge in [-0.25, -0.2) is 12.4 Å². The van der Waals surface area contributed by atoms with Crippen molar-refractivity contribution in [2.24, 2.45) is 0 Å². The minimum atomic E-state index is -3.78. The molecule has 1 heterocycles. The molecule has 3 aromatic rings. The fourth-order valence-corrected chi connectivity index (χ4v) is 5.99. The highest BCUT2D eigenvalue weighted by molar-refractivity contribution is 7.90. The van der Waals surface area contributed by atoms with Crippen molar-refractivity contribution in [1.29, 1.82) is 0 Å². The summed E-state index contributed by atoms with van der Waals surface area (Å²) in [5.41, 5.74) is 1.03. The zero-order valence-corrected chi connectivity index (χ0v) is 16.5. The molecule has 6 heteroatoms. The van der Waals surface area contributed by atoms with E-state index >= 15 is 0 Å². The number of aliphatic hydroxyl groups excluding tert-OH is 1. The second-order valence-electron chi connectivity index (χ2n) is 7.49. The summed E-state index contributed by atoms with van der Waals surface area (Å²) in [5.74, 6) is 0. The molecule has 0 aliphatic heterocycles. The van der Waals surface area contributed by atoms with Crippen molar-refractivity contribution in [2.45, 2.75) is 36.7 Å². The number of rotatable bonds is 5. The van der Waals surface area contributed by atoms with Crippen LogP contribution in [0.1, 0.15) is 11.8 Å². The highest BCUT2D eigenvalue weighted by atomic mass is 32.2. The van der Waals surface area contributed by atoms with E-state index in [9.17, 15) is 13.5 Å². The molecule has 0 spiro atoms. The largest absolute Gasteiger partial charge is 0.387 e. The van der Waals surface area contributed by atoms with Gasteiger partial charge in [0.25, 0.3) is 10.0 Å². The maximum Gasteiger partial charge on any atom is 0.268 e. The summed E-state index contributed by atoms with van der Waals surface area (Å²) in [7, 11) is -5.35. The highest BCUT2D eigenvalue weighted by Crippen LogP contribution is 2.32. The minimum absolute atomic E-state index is 0.220. The molecule has 2 aromatic carbocycles. The van der Waals surface area contributed by atoms with E-state index in [4.69, 9.17) is 0 Å². The number of aromatic nitrogens is 1. The van der Waals surface area contributed by atoms with Crippen LogP contribution in [-0.4, -0.2) is 25.6 Å². The molecule has 4 nitrogen and oxygen atoms in total. The van der Waals surface area contributed by atoms with E-state index in [1.54, 1.807) is 42.5 Å². The summed E-state index contributed by atoms with van der Waals surface area (Å²) in [4.78, 5) is 0.220. The SMILES string of the molecule is C[Si](C)(C)CC(O)c1cc2ccccc2n1S(=O)(=O)c1ccccc1. The van der Waals surface area contributed by atoms with Crippen molar-refractivity contribution in [3.8, 4) is 0 Å². The third-order valence-electron chi connectivity index (χ3n) is 4.12. The Morgan fingerprint density at radius 1 is 1.00 bits per heavy atom. The number of hydrogen-bond acceptors (Lipinski definition) is 3. The van der Waals surface area contributed by atoms with Crippen LogP contribution in [0.25, 0.3) is 10.9 Å². The first kappa shape index (κ1) is 17.9. The van der Waals surface area contributed by atoms with Gasteiger partial charge in [0.15, 0.2) is 0 Å². The highest BCUT2D eigenvalue weighted by Gasteiger charge is 2.28.